The van der Waals surface area contributed by atoms with Crippen LogP contribution in [0.2, 0.25) is 0 Å². The van der Waals surface area contributed by atoms with Crippen molar-refractivity contribution in [1.82, 2.24) is 9.88 Å². The van der Waals surface area contributed by atoms with Gasteiger partial charge in [0.15, 0.2) is 5.13 Å². The highest BCUT2D eigenvalue weighted by molar-refractivity contribution is 7.22. The summed E-state index contributed by atoms with van der Waals surface area (Å²) in [6, 6.07) is 8.36. The topological polar surface area (TPSA) is 45.2 Å². The fourth-order valence-electron chi connectivity index (χ4n) is 4.79. The smallest absolute Gasteiger partial charge is 0.321 e. The minimum atomic E-state index is 0.00970. The molecule has 23 heavy (non-hydrogen) atoms. The molecule has 2 amide bonds. The zero-order valence-corrected chi connectivity index (χ0v) is 14.7. The number of nitrogens with zero attached hydrogens (tertiary/aromatic N) is 2. The second kappa shape index (κ2) is 4.94. The van der Waals surface area contributed by atoms with Crippen LogP contribution in [0.1, 0.15) is 40.0 Å². The number of carbonyl (C=O) groups excluding carboxylic acids is 1. The van der Waals surface area contributed by atoms with Crippen LogP contribution in [-0.2, 0) is 0 Å². The van der Waals surface area contributed by atoms with Crippen molar-refractivity contribution in [2.24, 2.45) is 10.8 Å². The van der Waals surface area contributed by atoms with Crippen LogP contribution in [0.5, 0.6) is 0 Å². The molecule has 2 heterocycles. The number of rotatable bonds is 1. The maximum atomic E-state index is 12.8. The molecule has 2 fully saturated rings. The number of amides is 2. The Morgan fingerprint density at radius 1 is 1.30 bits per heavy atom. The van der Waals surface area contributed by atoms with Crippen LogP contribution in [0.15, 0.2) is 24.3 Å². The number of hydrogen-bond acceptors (Lipinski definition) is 3. The Balaban J connectivity index is 1.53. The van der Waals surface area contributed by atoms with Crippen LogP contribution >= 0.6 is 11.3 Å². The van der Waals surface area contributed by atoms with Crippen LogP contribution in [0.4, 0.5) is 9.93 Å². The first-order valence-corrected chi connectivity index (χ1v) is 9.09. The van der Waals surface area contributed by atoms with Crippen molar-refractivity contribution < 1.29 is 4.79 Å². The molecule has 1 N–H and O–H groups in total. The van der Waals surface area contributed by atoms with Gasteiger partial charge in [-0.15, -0.1) is 0 Å². The van der Waals surface area contributed by atoms with E-state index in [1.807, 2.05) is 29.2 Å². The lowest BCUT2D eigenvalue weighted by Gasteiger charge is -2.39. The number of aromatic nitrogens is 1. The van der Waals surface area contributed by atoms with Gasteiger partial charge in [-0.2, -0.15) is 0 Å². The number of likely N-dealkylation sites (tertiary alicyclic amines) is 1. The van der Waals surface area contributed by atoms with E-state index in [1.165, 1.54) is 17.8 Å². The number of para-hydroxylation sites is 1. The van der Waals surface area contributed by atoms with Crippen molar-refractivity contribution in [3.05, 3.63) is 24.3 Å². The molecule has 1 aromatic heterocycles. The van der Waals surface area contributed by atoms with Crippen molar-refractivity contribution >= 4 is 32.7 Å². The molecule has 2 aromatic rings. The van der Waals surface area contributed by atoms with Gasteiger partial charge in [0.05, 0.1) is 10.2 Å². The zero-order chi connectivity index (χ0) is 16.2. The summed E-state index contributed by atoms with van der Waals surface area (Å²) in [6.45, 7) is 7.84. The predicted octanol–water partition coefficient (Wildman–Crippen LogP) is 4.73. The number of fused-ring (bicyclic) bond motifs is 3. The van der Waals surface area contributed by atoms with Crippen LogP contribution in [0.25, 0.3) is 10.2 Å². The van der Waals surface area contributed by atoms with E-state index in [0.29, 0.717) is 16.6 Å². The molecular weight excluding hydrogens is 306 g/mol. The number of anilines is 1. The van der Waals surface area contributed by atoms with E-state index in [2.05, 4.69) is 31.1 Å². The molecule has 4 nitrogen and oxygen atoms in total. The van der Waals surface area contributed by atoms with Gasteiger partial charge in [0.2, 0.25) is 0 Å². The highest BCUT2D eigenvalue weighted by Crippen LogP contribution is 2.52. The lowest BCUT2D eigenvalue weighted by atomic mass is 9.65. The molecule has 0 radical (unpaired) electrons. The molecule has 2 bridgehead atoms. The number of thiazole rings is 1. The molecule has 0 spiro atoms. The quantitative estimate of drug-likeness (QED) is 0.822. The zero-order valence-electron chi connectivity index (χ0n) is 13.9. The first kappa shape index (κ1) is 14.9. The van der Waals surface area contributed by atoms with E-state index >= 15 is 0 Å². The van der Waals surface area contributed by atoms with E-state index in [9.17, 15) is 4.79 Å². The summed E-state index contributed by atoms with van der Waals surface area (Å²) in [7, 11) is 0. The van der Waals surface area contributed by atoms with E-state index in [1.54, 1.807) is 0 Å². The molecule has 0 unspecified atom stereocenters. The first-order chi connectivity index (χ1) is 10.8. The van der Waals surface area contributed by atoms with Gasteiger partial charge in [0.25, 0.3) is 0 Å². The third kappa shape index (κ3) is 2.71. The van der Waals surface area contributed by atoms with Crippen molar-refractivity contribution in [3.8, 4) is 0 Å². The maximum absolute atomic E-state index is 12.8. The minimum Gasteiger partial charge on any atom is -0.321 e. The summed E-state index contributed by atoms with van der Waals surface area (Å²) < 4.78 is 1.11. The Bertz CT molecular complexity index is 735. The summed E-state index contributed by atoms with van der Waals surface area (Å²) in [6.07, 6.45) is 3.42. The molecule has 1 saturated heterocycles. The predicted molar refractivity (Wildman–Crippen MR) is 94.9 cm³/mol. The van der Waals surface area contributed by atoms with Gasteiger partial charge in [-0.05, 0) is 42.2 Å². The highest BCUT2D eigenvalue weighted by atomic mass is 32.1. The number of hydrogen-bond donors (Lipinski definition) is 1. The maximum Gasteiger partial charge on any atom is 0.323 e. The van der Waals surface area contributed by atoms with E-state index in [0.717, 1.165) is 29.6 Å². The van der Waals surface area contributed by atoms with E-state index in [-0.39, 0.29) is 11.4 Å². The van der Waals surface area contributed by atoms with Crippen LogP contribution < -0.4 is 5.32 Å². The second-order valence-electron chi connectivity index (χ2n) is 8.26. The Kier molecular flexibility index (Phi) is 3.21. The second-order valence-corrected chi connectivity index (χ2v) is 9.29. The Hall–Kier alpha value is -1.62. The van der Waals surface area contributed by atoms with Crippen molar-refractivity contribution in [1.29, 1.82) is 0 Å². The molecule has 2 atom stereocenters. The SMILES string of the molecule is CC1(C)C[C@H]2C[C@@](C)(CN2C(=O)Nc2nc3ccccc3s2)C1. The summed E-state index contributed by atoms with van der Waals surface area (Å²) in [4.78, 5) is 19.3. The van der Waals surface area contributed by atoms with Crippen molar-refractivity contribution in [2.45, 2.75) is 46.1 Å². The monoisotopic (exact) mass is 329 g/mol. The molecule has 1 aliphatic heterocycles. The third-order valence-electron chi connectivity index (χ3n) is 5.18. The Morgan fingerprint density at radius 2 is 2.09 bits per heavy atom. The number of urea groups is 1. The van der Waals surface area contributed by atoms with Crippen molar-refractivity contribution in [3.63, 3.8) is 0 Å². The lowest BCUT2D eigenvalue weighted by molar-refractivity contribution is 0.130. The van der Waals surface area contributed by atoms with Gasteiger partial charge < -0.3 is 4.90 Å². The number of benzene rings is 1. The van der Waals surface area contributed by atoms with Gasteiger partial charge >= 0.3 is 6.03 Å². The normalized spacial score (nSPS) is 29.0. The molecule has 2 aliphatic rings. The molecule has 5 heteroatoms. The Labute approximate surface area is 140 Å². The average Bonchev–Trinajstić information content (AvgIpc) is 2.95. The van der Waals surface area contributed by atoms with E-state index < -0.39 is 0 Å². The van der Waals surface area contributed by atoms with Gasteiger partial charge in [-0.1, -0.05) is 44.2 Å². The number of carbonyl (C=O) groups is 1. The summed E-state index contributed by atoms with van der Waals surface area (Å²) in [5, 5.41) is 3.72. The van der Waals surface area contributed by atoms with Crippen LogP contribution in [0, 0.1) is 10.8 Å². The number of nitrogens with one attached hydrogen (secondary N) is 1. The minimum absolute atomic E-state index is 0.00970. The van der Waals surface area contributed by atoms with Gasteiger partial charge in [0, 0.05) is 12.6 Å². The molecule has 4 rings (SSSR count). The molecule has 1 saturated carbocycles. The first-order valence-electron chi connectivity index (χ1n) is 8.27. The largest absolute Gasteiger partial charge is 0.323 e. The Morgan fingerprint density at radius 3 is 2.87 bits per heavy atom. The lowest BCUT2D eigenvalue weighted by Crippen LogP contribution is -2.40. The third-order valence-corrected chi connectivity index (χ3v) is 6.14. The molecule has 122 valence electrons. The van der Waals surface area contributed by atoms with Crippen LogP contribution in [0.3, 0.4) is 0 Å². The van der Waals surface area contributed by atoms with Crippen molar-refractivity contribution in [2.75, 3.05) is 11.9 Å². The van der Waals surface area contributed by atoms with Gasteiger partial charge in [-0.3, -0.25) is 5.32 Å². The van der Waals surface area contributed by atoms with E-state index in [4.69, 9.17) is 0 Å². The fraction of sp³-hybridized carbons (Fsp3) is 0.556. The van der Waals surface area contributed by atoms with Crippen LogP contribution in [-0.4, -0.2) is 28.5 Å². The van der Waals surface area contributed by atoms with Gasteiger partial charge in [0.1, 0.15) is 0 Å². The summed E-state index contributed by atoms with van der Waals surface area (Å²) >= 11 is 1.54. The molecule has 1 aliphatic carbocycles. The average molecular weight is 329 g/mol. The highest BCUT2D eigenvalue weighted by Gasteiger charge is 2.51. The fourth-order valence-corrected chi connectivity index (χ4v) is 5.64. The summed E-state index contributed by atoms with van der Waals surface area (Å²) in [5.41, 5.74) is 1.53. The van der Waals surface area contributed by atoms with Gasteiger partial charge in [-0.25, -0.2) is 9.78 Å². The molecule has 1 aromatic carbocycles. The standard InChI is InChI=1S/C18H23N3OS/c1-17(2)8-12-9-18(3,10-17)11-21(12)16(22)20-15-19-13-6-4-5-7-14(13)23-15/h4-7,12H,8-11H2,1-3H3,(H,19,20,22)/t12-,18+/m0/s1. The summed E-state index contributed by atoms with van der Waals surface area (Å²) in [5.74, 6) is 0. The molecular formula is C18H23N3OS.